The van der Waals surface area contributed by atoms with Gasteiger partial charge in [0.05, 0.1) is 0 Å². The third-order valence-electron chi connectivity index (χ3n) is 1.88. The second kappa shape index (κ2) is 4.80. The van der Waals surface area contributed by atoms with Gasteiger partial charge in [0.15, 0.2) is 6.29 Å². The second-order valence-electron chi connectivity index (χ2n) is 3.11. The summed E-state index contributed by atoms with van der Waals surface area (Å²) in [6, 6.07) is 5.50. The molecule has 1 aromatic heterocycles. The Balaban J connectivity index is 2.22. The van der Waals surface area contributed by atoms with E-state index in [0.29, 0.717) is 10.7 Å². The van der Waals surface area contributed by atoms with Gasteiger partial charge in [0.25, 0.3) is 0 Å². The summed E-state index contributed by atoms with van der Waals surface area (Å²) in [7, 11) is 0. The van der Waals surface area contributed by atoms with E-state index in [9.17, 15) is 4.79 Å². The first-order chi connectivity index (χ1) is 7.69. The van der Waals surface area contributed by atoms with Crippen LogP contribution in [0.25, 0.3) is 0 Å². The number of nitrogens with zero attached hydrogens (tertiary/aromatic N) is 2. The molecule has 0 unspecified atom stereocenters. The molecule has 0 aliphatic rings. The lowest BCUT2D eigenvalue weighted by atomic mass is 10.2. The number of rotatable bonds is 3. The van der Waals surface area contributed by atoms with Gasteiger partial charge in [-0.3, -0.25) is 9.89 Å². The molecule has 16 heavy (non-hydrogen) atoms. The molecule has 82 valence electrons. The van der Waals surface area contributed by atoms with Crippen molar-refractivity contribution in [1.82, 2.24) is 15.2 Å². The van der Waals surface area contributed by atoms with E-state index in [-0.39, 0.29) is 0 Å². The van der Waals surface area contributed by atoms with Crippen LogP contribution in [0.15, 0.2) is 32.7 Å². The van der Waals surface area contributed by atoms with Crippen molar-refractivity contribution < 1.29 is 4.79 Å². The fourth-order valence-corrected chi connectivity index (χ4v) is 2.56. The quantitative estimate of drug-likeness (QED) is 0.885. The van der Waals surface area contributed by atoms with Gasteiger partial charge in [0, 0.05) is 14.9 Å². The molecule has 0 fully saturated rings. The molecule has 2 rings (SSSR count). The van der Waals surface area contributed by atoms with E-state index in [1.54, 1.807) is 6.07 Å². The lowest BCUT2D eigenvalue weighted by Gasteiger charge is -2.00. The van der Waals surface area contributed by atoms with E-state index in [0.717, 1.165) is 21.5 Å². The molecule has 4 nitrogen and oxygen atoms in total. The zero-order valence-corrected chi connectivity index (χ0v) is 10.8. The lowest BCUT2D eigenvalue weighted by molar-refractivity contribution is 0.112. The molecule has 0 aliphatic heterocycles. The minimum Gasteiger partial charge on any atom is -0.298 e. The Morgan fingerprint density at radius 2 is 2.31 bits per heavy atom. The highest BCUT2D eigenvalue weighted by Crippen LogP contribution is 2.28. The van der Waals surface area contributed by atoms with E-state index >= 15 is 0 Å². The number of benzene rings is 1. The Hall–Kier alpha value is -1.14. The number of carbonyl (C=O) groups excluding carboxylic acids is 1. The predicted octanol–water partition coefficient (Wildman–Crippen LogP) is 2.84. The second-order valence-corrected chi connectivity index (χ2v) is 5.00. The Morgan fingerprint density at radius 3 is 2.88 bits per heavy atom. The molecule has 0 amide bonds. The predicted molar refractivity (Wildman–Crippen MR) is 64.8 cm³/mol. The van der Waals surface area contributed by atoms with Crippen LogP contribution in [-0.4, -0.2) is 21.5 Å². The monoisotopic (exact) mass is 297 g/mol. The number of aromatic amines is 1. The van der Waals surface area contributed by atoms with Gasteiger partial charge >= 0.3 is 0 Å². The van der Waals surface area contributed by atoms with E-state index < -0.39 is 0 Å². The maximum absolute atomic E-state index is 10.6. The average Bonchev–Trinajstić information content (AvgIpc) is 2.64. The Morgan fingerprint density at radius 1 is 1.50 bits per heavy atom. The number of halogens is 1. The van der Waals surface area contributed by atoms with Gasteiger partial charge in [-0.1, -0.05) is 15.9 Å². The summed E-state index contributed by atoms with van der Waals surface area (Å²) in [6.07, 6.45) is 0.815. The van der Waals surface area contributed by atoms with Gasteiger partial charge in [0.1, 0.15) is 5.82 Å². The first kappa shape index (κ1) is 11.3. The highest BCUT2D eigenvalue weighted by molar-refractivity contribution is 9.10. The van der Waals surface area contributed by atoms with Crippen LogP contribution in [0.1, 0.15) is 16.2 Å². The first-order valence-corrected chi connectivity index (χ1v) is 6.11. The van der Waals surface area contributed by atoms with Crippen molar-refractivity contribution in [2.24, 2.45) is 0 Å². The molecule has 0 radical (unpaired) electrons. The number of carbonyl (C=O) groups is 1. The first-order valence-electron chi connectivity index (χ1n) is 4.50. The van der Waals surface area contributed by atoms with Crippen molar-refractivity contribution in [3.8, 4) is 0 Å². The van der Waals surface area contributed by atoms with Crippen LogP contribution in [0.2, 0.25) is 0 Å². The number of aromatic nitrogens is 3. The van der Waals surface area contributed by atoms with Gasteiger partial charge in [-0.2, -0.15) is 0 Å². The summed E-state index contributed by atoms with van der Waals surface area (Å²) in [5, 5.41) is 7.47. The molecule has 1 aromatic carbocycles. The Bertz CT molecular complexity index is 527. The smallest absolute Gasteiger partial charge is 0.213 e. The molecule has 0 bridgehead atoms. The van der Waals surface area contributed by atoms with Crippen LogP contribution < -0.4 is 0 Å². The number of hydrogen-bond acceptors (Lipinski definition) is 4. The molecule has 0 atom stereocenters. The topological polar surface area (TPSA) is 58.6 Å². The van der Waals surface area contributed by atoms with E-state index in [2.05, 4.69) is 31.1 Å². The number of nitrogens with one attached hydrogen (secondary N) is 1. The third kappa shape index (κ3) is 2.51. The lowest BCUT2D eigenvalue weighted by Crippen LogP contribution is -1.83. The molecule has 6 heteroatoms. The third-order valence-corrected chi connectivity index (χ3v) is 3.43. The SMILES string of the molecule is Cc1nc(Sc2ccc(C=O)c(Br)c2)n[nH]1. The molecule has 0 saturated heterocycles. The van der Waals surface area contributed by atoms with Gasteiger partial charge in [-0.25, -0.2) is 4.98 Å². The van der Waals surface area contributed by atoms with Crippen LogP contribution in [0.5, 0.6) is 0 Å². The average molecular weight is 298 g/mol. The number of aryl methyl sites for hydroxylation is 1. The van der Waals surface area contributed by atoms with Crippen LogP contribution in [0, 0.1) is 6.92 Å². The van der Waals surface area contributed by atoms with Gasteiger partial charge in [-0.05, 0) is 36.9 Å². The maximum atomic E-state index is 10.6. The van der Waals surface area contributed by atoms with Crippen LogP contribution in [0.3, 0.4) is 0 Å². The largest absolute Gasteiger partial charge is 0.298 e. The highest BCUT2D eigenvalue weighted by atomic mass is 79.9. The summed E-state index contributed by atoms with van der Waals surface area (Å²) in [6.45, 7) is 1.85. The van der Waals surface area contributed by atoms with E-state index in [1.807, 2.05) is 19.1 Å². The van der Waals surface area contributed by atoms with E-state index in [1.165, 1.54) is 11.8 Å². The van der Waals surface area contributed by atoms with Crippen molar-refractivity contribution in [1.29, 1.82) is 0 Å². The van der Waals surface area contributed by atoms with Gasteiger partial charge in [0.2, 0.25) is 5.16 Å². The molecular formula is C10H8BrN3OS. The maximum Gasteiger partial charge on any atom is 0.213 e. The van der Waals surface area contributed by atoms with Crippen molar-refractivity contribution in [2.45, 2.75) is 17.0 Å². The summed E-state index contributed by atoms with van der Waals surface area (Å²) in [5.41, 5.74) is 0.635. The highest BCUT2D eigenvalue weighted by Gasteiger charge is 2.05. The molecule has 0 saturated carbocycles. The van der Waals surface area contributed by atoms with Crippen LogP contribution >= 0.6 is 27.7 Å². The minimum atomic E-state index is 0.635. The number of H-pyrrole nitrogens is 1. The van der Waals surface area contributed by atoms with Crippen LogP contribution in [0.4, 0.5) is 0 Å². The Kier molecular flexibility index (Phi) is 3.40. The zero-order chi connectivity index (χ0) is 11.5. The van der Waals surface area contributed by atoms with Crippen molar-refractivity contribution in [3.63, 3.8) is 0 Å². The van der Waals surface area contributed by atoms with Gasteiger partial charge < -0.3 is 0 Å². The minimum absolute atomic E-state index is 0.635. The summed E-state index contributed by atoms with van der Waals surface area (Å²) >= 11 is 4.78. The molecule has 1 N–H and O–H groups in total. The van der Waals surface area contributed by atoms with Crippen molar-refractivity contribution in [3.05, 3.63) is 34.1 Å². The molecule has 2 aromatic rings. The van der Waals surface area contributed by atoms with E-state index in [4.69, 9.17) is 0 Å². The van der Waals surface area contributed by atoms with Crippen LogP contribution in [-0.2, 0) is 0 Å². The Labute approximate surface area is 105 Å². The molecule has 0 spiro atoms. The van der Waals surface area contributed by atoms with Gasteiger partial charge in [-0.15, -0.1) is 5.10 Å². The zero-order valence-electron chi connectivity index (χ0n) is 8.40. The number of aldehydes is 1. The summed E-state index contributed by atoms with van der Waals surface area (Å²) < 4.78 is 0.778. The summed E-state index contributed by atoms with van der Waals surface area (Å²) in [4.78, 5) is 15.8. The normalized spacial score (nSPS) is 10.4. The molecule has 1 heterocycles. The fraction of sp³-hybridized carbons (Fsp3) is 0.100. The van der Waals surface area contributed by atoms with Crippen molar-refractivity contribution in [2.75, 3.05) is 0 Å². The fourth-order valence-electron chi connectivity index (χ4n) is 1.14. The number of hydrogen-bond donors (Lipinski definition) is 1. The standard InChI is InChI=1S/C10H8BrN3OS/c1-6-12-10(14-13-6)16-8-3-2-7(5-15)9(11)4-8/h2-5H,1H3,(H,12,13,14). The molecule has 0 aliphatic carbocycles. The summed E-state index contributed by atoms with van der Waals surface area (Å²) in [5.74, 6) is 0.783. The molecular weight excluding hydrogens is 290 g/mol. The van der Waals surface area contributed by atoms with Crippen molar-refractivity contribution >= 4 is 34.0 Å².